The Morgan fingerprint density at radius 1 is 1.35 bits per heavy atom. The van der Waals surface area contributed by atoms with Crippen molar-refractivity contribution in [3.05, 3.63) is 48.0 Å². The molecule has 1 aromatic carbocycles. The van der Waals surface area contributed by atoms with E-state index in [-0.39, 0.29) is 11.6 Å². The standard InChI is InChI=1S/C14H12N4O2/c1-8-6-11(18-20-8)14(19)17-12-7-16-10-5-3-2-4-9(10)13(12)15/h2-7H,1H3,(H2,15,16)(H,17,19). The number of hydrogen-bond donors (Lipinski definition) is 2. The number of nitrogens with zero attached hydrogens (tertiary/aromatic N) is 2. The lowest BCUT2D eigenvalue weighted by Gasteiger charge is -2.08. The van der Waals surface area contributed by atoms with Gasteiger partial charge in [-0.1, -0.05) is 23.4 Å². The molecule has 100 valence electrons. The van der Waals surface area contributed by atoms with Crippen molar-refractivity contribution in [1.82, 2.24) is 10.1 Å². The van der Waals surface area contributed by atoms with Gasteiger partial charge in [-0.05, 0) is 13.0 Å². The second-order valence-corrected chi connectivity index (χ2v) is 4.38. The van der Waals surface area contributed by atoms with Crippen LogP contribution in [0.4, 0.5) is 11.4 Å². The van der Waals surface area contributed by atoms with Crippen LogP contribution in [0.15, 0.2) is 41.1 Å². The number of fused-ring (bicyclic) bond motifs is 1. The number of aryl methyl sites for hydroxylation is 1. The van der Waals surface area contributed by atoms with Gasteiger partial charge in [-0.25, -0.2) is 0 Å². The van der Waals surface area contributed by atoms with Crippen LogP contribution in [-0.4, -0.2) is 16.0 Å². The van der Waals surface area contributed by atoms with Gasteiger partial charge in [-0.2, -0.15) is 0 Å². The summed E-state index contributed by atoms with van der Waals surface area (Å²) < 4.78 is 4.87. The van der Waals surface area contributed by atoms with Gasteiger partial charge in [0.05, 0.1) is 23.1 Å². The number of aromatic nitrogens is 2. The summed E-state index contributed by atoms with van der Waals surface area (Å²) in [6, 6.07) is 9.02. The fraction of sp³-hybridized carbons (Fsp3) is 0.0714. The molecule has 6 heteroatoms. The predicted molar refractivity (Wildman–Crippen MR) is 75.3 cm³/mol. The summed E-state index contributed by atoms with van der Waals surface area (Å²) in [7, 11) is 0. The van der Waals surface area contributed by atoms with Gasteiger partial charge in [0.15, 0.2) is 5.69 Å². The van der Waals surface area contributed by atoms with Crippen LogP contribution in [0.2, 0.25) is 0 Å². The third-order valence-electron chi connectivity index (χ3n) is 2.93. The molecule has 1 amide bonds. The minimum absolute atomic E-state index is 0.204. The van der Waals surface area contributed by atoms with Gasteiger partial charge in [0.25, 0.3) is 5.91 Å². The van der Waals surface area contributed by atoms with Crippen LogP contribution in [-0.2, 0) is 0 Å². The molecule has 3 rings (SSSR count). The number of carbonyl (C=O) groups excluding carboxylic acids is 1. The summed E-state index contributed by atoms with van der Waals surface area (Å²) >= 11 is 0. The van der Waals surface area contributed by atoms with Gasteiger partial charge in [0.1, 0.15) is 5.76 Å². The molecule has 0 fully saturated rings. The molecule has 2 aromatic heterocycles. The van der Waals surface area contributed by atoms with Crippen LogP contribution in [0.3, 0.4) is 0 Å². The second-order valence-electron chi connectivity index (χ2n) is 4.38. The van der Waals surface area contributed by atoms with Crippen molar-refractivity contribution in [3.63, 3.8) is 0 Å². The largest absolute Gasteiger partial charge is 0.396 e. The lowest BCUT2D eigenvalue weighted by Crippen LogP contribution is -2.14. The molecular formula is C14H12N4O2. The number of para-hydroxylation sites is 1. The first-order valence-electron chi connectivity index (χ1n) is 6.03. The minimum Gasteiger partial charge on any atom is -0.396 e. The first kappa shape index (κ1) is 12.2. The van der Waals surface area contributed by atoms with Crippen molar-refractivity contribution < 1.29 is 9.32 Å². The quantitative estimate of drug-likeness (QED) is 0.744. The summed E-state index contributed by atoms with van der Waals surface area (Å²) in [5, 5.41) is 7.13. The number of nitrogens with two attached hydrogens (primary N) is 1. The van der Waals surface area contributed by atoms with Crippen molar-refractivity contribution in [3.8, 4) is 0 Å². The fourth-order valence-electron chi connectivity index (χ4n) is 1.92. The summed E-state index contributed by atoms with van der Waals surface area (Å²) in [5.41, 5.74) is 7.96. The van der Waals surface area contributed by atoms with Crippen LogP contribution in [0, 0.1) is 6.92 Å². The maximum atomic E-state index is 12.0. The van der Waals surface area contributed by atoms with E-state index < -0.39 is 0 Å². The zero-order valence-corrected chi connectivity index (χ0v) is 10.8. The van der Waals surface area contributed by atoms with Crippen molar-refractivity contribution in [2.24, 2.45) is 0 Å². The van der Waals surface area contributed by atoms with E-state index in [4.69, 9.17) is 10.3 Å². The van der Waals surface area contributed by atoms with Crippen molar-refractivity contribution in [1.29, 1.82) is 0 Å². The summed E-state index contributed by atoms with van der Waals surface area (Å²) in [4.78, 5) is 16.3. The number of nitrogen functional groups attached to an aromatic ring is 1. The van der Waals surface area contributed by atoms with E-state index in [0.717, 1.165) is 10.9 Å². The number of pyridine rings is 1. The first-order chi connectivity index (χ1) is 9.65. The number of anilines is 2. The Labute approximate surface area is 114 Å². The number of carbonyl (C=O) groups is 1. The van der Waals surface area contributed by atoms with Crippen molar-refractivity contribution in [2.45, 2.75) is 6.92 Å². The maximum Gasteiger partial charge on any atom is 0.277 e. The molecule has 0 spiro atoms. The number of amides is 1. The van der Waals surface area contributed by atoms with Gasteiger partial charge in [-0.3, -0.25) is 9.78 Å². The molecule has 6 nitrogen and oxygen atoms in total. The van der Waals surface area contributed by atoms with E-state index in [2.05, 4.69) is 15.5 Å². The van der Waals surface area contributed by atoms with Crippen LogP contribution in [0.1, 0.15) is 16.2 Å². The minimum atomic E-state index is -0.384. The summed E-state index contributed by atoms with van der Waals surface area (Å²) in [5.74, 6) is 0.186. The topological polar surface area (TPSA) is 94.0 Å². The average molecular weight is 268 g/mol. The highest BCUT2D eigenvalue weighted by Crippen LogP contribution is 2.26. The molecule has 3 aromatic rings. The van der Waals surface area contributed by atoms with E-state index in [1.165, 1.54) is 6.20 Å². The molecule has 0 saturated heterocycles. The molecule has 0 bridgehead atoms. The Hall–Kier alpha value is -2.89. The van der Waals surface area contributed by atoms with Gasteiger partial charge in [0.2, 0.25) is 0 Å². The highest BCUT2D eigenvalue weighted by Gasteiger charge is 2.13. The maximum absolute atomic E-state index is 12.0. The van der Waals surface area contributed by atoms with Gasteiger partial charge in [-0.15, -0.1) is 0 Å². The number of rotatable bonds is 2. The van der Waals surface area contributed by atoms with Crippen molar-refractivity contribution >= 4 is 28.2 Å². The number of nitrogens with one attached hydrogen (secondary N) is 1. The molecular weight excluding hydrogens is 256 g/mol. The average Bonchev–Trinajstić information content (AvgIpc) is 2.89. The Balaban J connectivity index is 1.95. The number of hydrogen-bond acceptors (Lipinski definition) is 5. The molecule has 3 N–H and O–H groups in total. The third kappa shape index (κ3) is 2.07. The zero-order chi connectivity index (χ0) is 14.1. The molecule has 0 saturated carbocycles. The zero-order valence-electron chi connectivity index (χ0n) is 10.8. The normalized spacial score (nSPS) is 10.7. The Morgan fingerprint density at radius 2 is 2.15 bits per heavy atom. The van der Waals surface area contributed by atoms with E-state index in [0.29, 0.717) is 17.1 Å². The highest BCUT2D eigenvalue weighted by molar-refractivity contribution is 6.07. The predicted octanol–water partition coefficient (Wildman–Crippen LogP) is 2.37. The van der Waals surface area contributed by atoms with Crippen LogP contribution < -0.4 is 11.1 Å². The molecule has 2 heterocycles. The van der Waals surface area contributed by atoms with E-state index in [1.807, 2.05) is 24.3 Å². The van der Waals surface area contributed by atoms with Gasteiger partial charge in [0, 0.05) is 11.5 Å². The highest BCUT2D eigenvalue weighted by atomic mass is 16.5. The second kappa shape index (κ2) is 4.65. The smallest absolute Gasteiger partial charge is 0.277 e. The Bertz CT molecular complexity index is 795. The number of benzene rings is 1. The van der Waals surface area contributed by atoms with Crippen LogP contribution in [0.25, 0.3) is 10.9 Å². The summed E-state index contributed by atoms with van der Waals surface area (Å²) in [6.07, 6.45) is 1.53. The SMILES string of the molecule is Cc1cc(C(=O)Nc2cnc3ccccc3c2N)no1. The lowest BCUT2D eigenvalue weighted by molar-refractivity contribution is 0.101. The van der Waals surface area contributed by atoms with Crippen LogP contribution >= 0.6 is 0 Å². The van der Waals surface area contributed by atoms with E-state index in [1.54, 1.807) is 13.0 Å². The van der Waals surface area contributed by atoms with Gasteiger partial charge < -0.3 is 15.6 Å². The van der Waals surface area contributed by atoms with E-state index >= 15 is 0 Å². The molecule has 0 radical (unpaired) electrons. The Morgan fingerprint density at radius 3 is 2.90 bits per heavy atom. The van der Waals surface area contributed by atoms with Crippen LogP contribution in [0.5, 0.6) is 0 Å². The van der Waals surface area contributed by atoms with Crippen molar-refractivity contribution in [2.75, 3.05) is 11.1 Å². The van der Waals surface area contributed by atoms with E-state index in [9.17, 15) is 4.79 Å². The molecule has 0 aliphatic heterocycles. The monoisotopic (exact) mass is 268 g/mol. The fourth-order valence-corrected chi connectivity index (χ4v) is 1.92. The molecule has 0 atom stereocenters. The molecule has 0 aliphatic carbocycles. The summed E-state index contributed by atoms with van der Waals surface area (Å²) in [6.45, 7) is 1.72. The lowest BCUT2D eigenvalue weighted by atomic mass is 10.1. The van der Waals surface area contributed by atoms with Gasteiger partial charge >= 0.3 is 0 Å². The third-order valence-corrected chi connectivity index (χ3v) is 2.93. The molecule has 20 heavy (non-hydrogen) atoms. The molecule has 0 aliphatic rings. The Kier molecular flexibility index (Phi) is 2.83. The first-order valence-corrected chi connectivity index (χ1v) is 6.03. The molecule has 0 unspecified atom stereocenters.